The van der Waals surface area contributed by atoms with E-state index in [-0.39, 0.29) is 36.4 Å². The Hall–Kier alpha value is -2.89. The molecule has 0 saturated carbocycles. The smallest absolute Gasteiger partial charge is 0.228 e. The van der Waals surface area contributed by atoms with Crippen LogP contribution >= 0.6 is 0 Å². The lowest BCUT2D eigenvalue weighted by Gasteiger charge is -2.21. The molecule has 2 aromatic carbocycles. The molecule has 152 valence electrons. The molecule has 0 aliphatic carbocycles. The Morgan fingerprint density at radius 3 is 2.59 bits per heavy atom. The normalized spacial score (nSPS) is 21.7. The summed E-state index contributed by atoms with van der Waals surface area (Å²) in [5, 5.41) is 0. The first-order valence-corrected chi connectivity index (χ1v) is 9.95. The first kappa shape index (κ1) is 19.4. The Labute approximate surface area is 170 Å². The molecule has 4 rings (SSSR count). The monoisotopic (exact) mass is 396 g/mol. The zero-order chi connectivity index (χ0) is 20.5. The highest BCUT2D eigenvalue weighted by atomic mass is 19.1. The maximum atomic E-state index is 14.3. The van der Waals surface area contributed by atoms with Crippen molar-refractivity contribution in [3.05, 3.63) is 59.4 Å². The molecule has 2 amide bonds. The minimum atomic E-state index is -0.424. The van der Waals surface area contributed by atoms with Crippen LogP contribution in [0, 0.1) is 18.7 Å². The van der Waals surface area contributed by atoms with Crippen molar-refractivity contribution in [2.45, 2.75) is 25.7 Å². The summed E-state index contributed by atoms with van der Waals surface area (Å²) in [5.74, 6) is 0.0478. The van der Waals surface area contributed by atoms with Crippen molar-refractivity contribution in [2.75, 3.05) is 31.6 Å². The standard InChI is InChI=1S/C23H25FN2O3/c1-15-3-8-21(20(24)11-15)26-14-18(12-22(26)27)23(28)25-10-9-17(13-25)16-4-6-19(29-2)7-5-16/h3-8,11,17-18H,9-10,12-14H2,1-2H3. The quantitative estimate of drug-likeness (QED) is 0.795. The van der Waals surface area contributed by atoms with Gasteiger partial charge in [-0.2, -0.15) is 0 Å². The number of amides is 2. The number of halogens is 1. The van der Waals surface area contributed by atoms with E-state index in [1.54, 1.807) is 26.2 Å². The molecular weight excluding hydrogens is 371 g/mol. The van der Waals surface area contributed by atoms with E-state index < -0.39 is 11.7 Å². The topological polar surface area (TPSA) is 49.9 Å². The van der Waals surface area contributed by atoms with Crippen LogP contribution in [0.3, 0.4) is 0 Å². The lowest BCUT2D eigenvalue weighted by molar-refractivity contribution is -0.134. The number of aryl methyl sites for hydroxylation is 1. The van der Waals surface area contributed by atoms with Crippen LogP contribution in [0.15, 0.2) is 42.5 Å². The van der Waals surface area contributed by atoms with E-state index in [0.29, 0.717) is 13.1 Å². The van der Waals surface area contributed by atoms with Crippen molar-refractivity contribution < 1.29 is 18.7 Å². The molecule has 6 heteroatoms. The molecule has 0 aromatic heterocycles. The SMILES string of the molecule is COc1ccc(C2CCN(C(=O)C3CC(=O)N(c4ccc(C)cc4F)C3)C2)cc1. The lowest BCUT2D eigenvalue weighted by Crippen LogP contribution is -2.36. The largest absolute Gasteiger partial charge is 0.497 e. The van der Waals surface area contributed by atoms with Gasteiger partial charge in [-0.05, 0) is 48.7 Å². The van der Waals surface area contributed by atoms with Crippen molar-refractivity contribution in [1.82, 2.24) is 4.90 Å². The van der Waals surface area contributed by atoms with Gasteiger partial charge in [-0.3, -0.25) is 9.59 Å². The second-order valence-corrected chi connectivity index (χ2v) is 7.90. The number of hydrogen-bond donors (Lipinski definition) is 0. The predicted molar refractivity (Wildman–Crippen MR) is 109 cm³/mol. The molecule has 2 unspecified atom stereocenters. The molecule has 5 nitrogen and oxygen atoms in total. The van der Waals surface area contributed by atoms with Gasteiger partial charge in [0.25, 0.3) is 0 Å². The van der Waals surface area contributed by atoms with Gasteiger partial charge in [-0.25, -0.2) is 4.39 Å². The summed E-state index contributed by atoms with van der Waals surface area (Å²) >= 11 is 0. The van der Waals surface area contributed by atoms with Gasteiger partial charge in [0.15, 0.2) is 0 Å². The maximum absolute atomic E-state index is 14.3. The predicted octanol–water partition coefficient (Wildman–Crippen LogP) is 3.51. The van der Waals surface area contributed by atoms with Crippen LogP contribution in [-0.2, 0) is 9.59 Å². The summed E-state index contributed by atoms with van der Waals surface area (Å²) in [6.45, 7) is 3.37. The number of carbonyl (C=O) groups excluding carboxylic acids is 2. The van der Waals surface area contributed by atoms with Crippen molar-refractivity contribution >= 4 is 17.5 Å². The molecular formula is C23H25FN2O3. The zero-order valence-electron chi connectivity index (χ0n) is 16.7. The summed E-state index contributed by atoms with van der Waals surface area (Å²) in [6, 6.07) is 12.8. The molecule has 2 saturated heterocycles. The van der Waals surface area contributed by atoms with Gasteiger partial charge < -0.3 is 14.5 Å². The number of hydrogen-bond acceptors (Lipinski definition) is 3. The fourth-order valence-corrected chi connectivity index (χ4v) is 4.30. The number of likely N-dealkylation sites (tertiary alicyclic amines) is 1. The van der Waals surface area contributed by atoms with Crippen molar-refractivity contribution in [1.29, 1.82) is 0 Å². The van der Waals surface area contributed by atoms with Crippen molar-refractivity contribution in [2.24, 2.45) is 5.92 Å². The average Bonchev–Trinajstić information content (AvgIpc) is 3.35. The van der Waals surface area contributed by atoms with Gasteiger partial charge in [0.05, 0.1) is 18.7 Å². The van der Waals surface area contributed by atoms with Crippen LogP contribution in [0.4, 0.5) is 10.1 Å². The Morgan fingerprint density at radius 1 is 1.14 bits per heavy atom. The van der Waals surface area contributed by atoms with Gasteiger partial charge in [-0.1, -0.05) is 18.2 Å². The summed E-state index contributed by atoms with van der Waals surface area (Å²) in [4.78, 5) is 28.7. The first-order chi connectivity index (χ1) is 14.0. The Balaban J connectivity index is 1.41. The maximum Gasteiger partial charge on any atom is 0.228 e. The number of carbonyl (C=O) groups is 2. The zero-order valence-corrected chi connectivity index (χ0v) is 16.7. The van der Waals surface area contributed by atoms with Gasteiger partial charge in [0.1, 0.15) is 11.6 Å². The number of benzene rings is 2. The van der Waals surface area contributed by atoms with E-state index in [9.17, 15) is 14.0 Å². The molecule has 0 radical (unpaired) electrons. The molecule has 2 heterocycles. The fraction of sp³-hybridized carbons (Fsp3) is 0.391. The third-order valence-corrected chi connectivity index (χ3v) is 5.96. The number of nitrogens with zero attached hydrogens (tertiary/aromatic N) is 2. The molecule has 2 aromatic rings. The first-order valence-electron chi connectivity index (χ1n) is 9.95. The summed E-state index contributed by atoms with van der Waals surface area (Å²) in [6.07, 6.45) is 1.03. The fourth-order valence-electron chi connectivity index (χ4n) is 4.30. The van der Waals surface area contributed by atoms with Crippen LogP contribution in [0.25, 0.3) is 0 Å². The van der Waals surface area contributed by atoms with E-state index in [0.717, 1.165) is 17.7 Å². The average molecular weight is 396 g/mol. The van der Waals surface area contributed by atoms with Gasteiger partial charge >= 0.3 is 0 Å². The Kier molecular flexibility index (Phi) is 5.26. The van der Waals surface area contributed by atoms with E-state index >= 15 is 0 Å². The molecule has 2 fully saturated rings. The van der Waals surface area contributed by atoms with Gasteiger partial charge in [0.2, 0.25) is 11.8 Å². The Bertz CT molecular complexity index is 928. The third kappa shape index (κ3) is 3.84. The highest BCUT2D eigenvalue weighted by molar-refractivity contribution is 6.00. The summed E-state index contributed by atoms with van der Waals surface area (Å²) in [5.41, 5.74) is 2.24. The number of rotatable bonds is 4. The highest BCUT2D eigenvalue weighted by Crippen LogP contribution is 2.33. The van der Waals surface area contributed by atoms with Crippen molar-refractivity contribution in [3.8, 4) is 5.75 Å². The molecule has 2 atom stereocenters. The molecule has 29 heavy (non-hydrogen) atoms. The van der Waals surface area contributed by atoms with E-state index in [1.807, 2.05) is 29.2 Å². The van der Waals surface area contributed by atoms with Crippen LogP contribution in [-0.4, -0.2) is 43.5 Å². The van der Waals surface area contributed by atoms with Crippen LogP contribution in [0.2, 0.25) is 0 Å². The number of methoxy groups -OCH3 is 1. The second-order valence-electron chi connectivity index (χ2n) is 7.90. The van der Waals surface area contributed by atoms with E-state index in [1.165, 1.54) is 16.5 Å². The van der Waals surface area contributed by atoms with E-state index in [4.69, 9.17) is 4.74 Å². The van der Waals surface area contributed by atoms with Crippen molar-refractivity contribution in [3.63, 3.8) is 0 Å². The number of ether oxygens (including phenoxy) is 1. The highest BCUT2D eigenvalue weighted by Gasteiger charge is 2.39. The van der Waals surface area contributed by atoms with E-state index in [2.05, 4.69) is 0 Å². The van der Waals surface area contributed by atoms with Crippen LogP contribution in [0.5, 0.6) is 5.75 Å². The third-order valence-electron chi connectivity index (χ3n) is 5.96. The lowest BCUT2D eigenvalue weighted by atomic mass is 9.98. The molecule has 0 N–H and O–H groups in total. The number of anilines is 1. The van der Waals surface area contributed by atoms with Gasteiger partial charge in [0, 0.05) is 32.0 Å². The molecule has 0 bridgehead atoms. The summed E-state index contributed by atoms with van der Waals surface area (Å²) in [7, 11) is 1.64. The minimum absolute atomic E-state index is 0.00983. The molecule has 2 aliphatic heterocycles. The summed E-state index contributed by atoms with van der Waals surface area (Å²) < 4.78 is 19.5. The second kappa shape index (κ2) is 7.85. The molecule has 0 spiro atoms. The minimum Gasteiger partial charge on any atom is -0.497 e. The molecule has 2 aliphatic rings. The van der Waals surface area contributed by atoms with Crippen LogP contribution in [0.1, 0.15) is 29.9 Å². The Morgan fingerprint density at radius 2 is 1.90 bits per heavy atom. The van der Waals surface area contributed by atoms with Crippen LogP contribution < -0.4 is 9.64 Å². The van der Waals surface area contributed by atoms with Gasteiger partial charge in [-0.15, -0.1) is 0 Å².